The van der Waals surface area contributed by atoms with E-state index in [0.29, 0.717) is 29.6 Å². The second kappa shape index (κ2) is 5.61. The Morgan fingerprint density at radius 3 is 3.09 bits per heavy atom. The fraction of sp³-hybridized carbons (Fsp3) is 0.375. The first-order chi connectivity index (χ1) is 10.8. The number of rotatable bonds is 2. The van der Waals surface area contributed by atoms with Gasteiger partial charge in [-0.25, -0.2) is 0 Å². The Morgan fingerprint density at radius 1 is 1.32 bits per heavy atom. The van der Waals surface area contributed by atoms with Crippen LogP contribution in [-0.4, -0.2) is 35.5 Å². The van der Waals surface area contributed by atoms with E-state index in [2.05, 4.69) is 4.98 Å². The third kappa shape index (κ3) is 2.23. The standard InChI is InChI=1S/C16H16N2O3S/c19-16(15-14-13(10-22-15)20-8-9-21-14)18-7-3-5-12(18)11-4-1-2-6-17-11/h1-2,4,6,10,12H,3,5,7-9H2. The lowest BCUT2D eigenvalue weighted by molar-refractivity contribution is 0.0729. The molecule has 1 atom stereocenters. The minimum Gasteiger partial charge on any atom is -0.485 e. The van der Waals surface area contributed by atoms with Gasteiger partial charge in [-0.1, -0.05) is 6.07 Å². The molecule has 0 bridgehead atoms. The molecule has 0 spiro atoms. The number of amides is 1. The van der Waals surface area contributed by atoms with E-state index < -0.39 is 0 Å². The summed E-state index contributed by atoms with van der Waals surface area (Å²) >= 11 is 1.40. The molecule has 114 valence electrons. The van der Waals surface area contributed by atoms with Gasteiger partial charge in [0.1, 0.15) is 18.1 Å². The van der Waals surface area contributed by atoms with Crippen molar-refractivity contribution in [3.63, 3.8) is 0 Å². The number of ether oxygens (including phenoxy) is 2. The lowest BCUT2D eigenvalue weighted by atomic mass is 10.1. The minimum atomic E-state index is 0.0184. The molecule has 0 saturated carbocycles. The number of fused-ring (bicyclic) bond motifs is 1. The van der Waals surface area contributed by atoms with Crippen LogP contribution in [0.4, 0.5) is 0 Å². The van der Waals surface area contributed by atoms with Crippen molar-refractivity contribution in [2.24, 2.45) is 0 Å². The molecule has 2 aliphatic heterocycles. The molecule has 2 aliphatic rings. The molecular weight excluding hydrogens is 300 g/mol. The first-order valence-corrected chi connectivity index (χ1v) is 8.31. The van der Waals surface area contributed by atoms with Crippen LogP contribution in [0.2, 0.25) is 0 Å². The van der Waals surface area contributed by atoms with Gasteiger partial charge >= 0.3 is 0 Å². The highest BCUT2D eigenvalue weighted by Gasteiger charge is 2.34. The Balaban J connectivity index is 1.63. The number of pyridine rings is 1. The van der Waals surface area contributed by atoms with Crippen LogP contribution in [-0.2, 0) is 0 Å². The van der Waals surface area contributed by atoms with Crippen molar-refractivity contribution in [2.45, 2.75) is 18.9 Å². The molecule has 2 aromatic heterocycles. The normalized spacial score (nSPS) is 20.2. The fourth-order valence-corrected chi connectivity index (χ4v) is 3.92. The third-order valence-corrected chi connectivity index (χ3v) is 4.97. The number of aromatic nitrogens is 1. The van der Waals surface area contributed by atoms with Crippen molar-refractivity contribution in [3.05, 3.63) is 40.3 Å². The van der Waals surface area contributed by atoms with E-state index >= 15 is 0 Å². The van der Waals surface area contributed by atoms with E-state index in [1.807, 2.05) is 28.5 Å². The molecule has 0 N–H and O–H groups in total. The fourth-order valence-electron chi connectivity index (χ4n) is 3.03. The van der Waals surface area contributed by atoms with Crippen LogP contribution in [0.1, 0.15) is 34.2 Å². The zero-order valence-electron chi connectivity index (χ0n) is 12.0. The van der Waals surface area contributed by atoms with Gasteiger partial charge in [0, 0.05) is 18.1 Å². The average molecular weight is 316 g/mol. The van der Waals surface area contributed by atoms with Crippen LogP contribution >= 0.6 is 11.3 Å². The lowest BCUT2D eigenvalue weighted by Crippen LogP contribution is -2.31. The molecule has 1 saturated heterocycles. The van der Waals surface area contributed by atoms with Gasteiger partial charge in [-0.3, -0.25) is 9.78 Å². The molecule has 1 unspecified atom stereocenters. The van der Waals surface area contributed by atoms with Gasteiger partial charge in [0.15, 0.2) is 11.5 Å². The van der Waals surface area contributed by atoms with E-state index in [9.17, 15) is 4.79 Å². The topological polar surface area (TPSA) is 51.7 Å². The van der Waals surface area contributed by atoms with Gasteiger partial charge in [-0.15, -0.1) is 11.3 Å². The smallest absolute Gasteiger partial charge is 0.268 e. The van der Waals surface area contributed by atoms with Crippen molar-refractivity contribution in [1.29, 1.82) is 0 Å². The molecule has 6 heteroatoms. The van der Waals surface area contributed by atoms with Gasteiger partial charge in [0.25, 0.3) is 5.91 Å². The second-order valence-electron chi connectivity index (χ2n) is 5.37. The van der Waals surface area contributed by atoms with Crippen molar-refractivity contribution in [3.8, 4) is 11.5 Å². The van der Waals surface area contributed by atoms with Gasteiger partial charge in [-0.05, 0) is 25.0 Å². The number of nitrogens with zero attached hydrogens (tertiary/aromatic N) is 2. The summed E-state index contributed by atoms with van der Waals surface area (Å²) in [5.41, 5.74) is 0.955. The molecule has 0 aliphatic carbocycles. The highest BCUT2D eigenvalue weighted by Crippen LogP contribution is 2.42. The number of likely N-dealkylation sites (tertiary alicyclic amines) is 1. The maximum atomic E-state index is 12.9. The maximum absolute atomic E-state index is 12.9. The number of thiophene rings is 1. The summed E-state index contributed by atoms with van der Waals surface area (Å²) in [6.07, 6.45) is 3.73. The second-order valence-corrected chi connectivity index (χ2v) is 6.25. The largest absolute Gasteiger partial charge is 0.485 e. The van der Waals surface area contributed by atoms with E-state index in [1.54, 1.807) is 6.20 Å². The Labute approximate surface area is 132 Å². The summed E-state index contributed by atoms with van der Waals surface area (Å²) in [7, 11) is 0. The molecular formula is C16H16N2O3S. The maximum Gasteiger partial charge on any atom is 0.268 e. The lowest BCUT2D eigenvalue weighted by Gasteiger charge is -2.24. The summed E-state index contributed by atoms with van der Waals surface area (Å²) in [6.45, 7) is 1.79. The van der Waals surface area contributed by atoms with Crippen molar-refractivity contribution in [1.82, 2.24) is 9.88 Å². The molecule has 1 amide bonds. The Bertz CT molecular complexity index is 686. The third-order valence-electron chi connectivity index (χ3n) is 4.04. The van der Waals surface area contributed by atoms with Crippen LogP contribution in [0, 0.1) is 0 Å². The van der Waals surface area contributed by atoms with Crippen LogP contribution in [0.15, 0.2) is 29.8 Å². The zero-order valence-corrected chi connectivity index (χ0v) is 12.8. The zero-order chi connectivity index (χ0) is 14.9. The average Bonchev–Trinajstić information content (AvgIpc) is 3.22. The molecule has 5 nitrogen and oxygen atoms in total. The van der Waals surface area contributed by atoms with E-state index in [1.165, 1.54) is 11.3 Å². The first kappa shape index (κ1) is 13.6. The van der Waals surface area contributed by atoms with E-state index in [0.717, 1.165) is 25.1 Å². The van der Waals surface area contributed by atoms with Gasteiger partial charge in [0.05, 0.1) is 11.7 Å². The number of carbonyl (C=O) groups excluding carboxylic acids is 1. The Morgan fingerprint density at radius 2 is 2.23 bits per heavy atom. The molecule has 1 fully saturated rings. The van der Waals surface area contributed by atoms with Gasteiger partial charge in [-0.2, -0.15) is 0 Å². The van der Waals surface area contributed by atoms with Gasteiger partial charge in [0.2, 0.25) is 0 Å². The quantitative estimate of drug-likeness (QED) is 0.855. The predicted molar refractivity (Wildman–Crippen MR) is 82.6 cm³/mol. The summed E-state index contributed by atoms with van der Waals surface area (Å²) in [6, 6.07) is 5.90. The summed E-state index contributed by atoms with van der Waals surface area (Å²) in [5, 5.41) is 1.85. The Kier molecular flexibility index (Phi) is 3.46. The molecule has 0 aromatic carbocycles. The van der Waals surface area contributed by atoms with E-state index in [4.69, 9.17) is 9.47 Å². The van der Waals surface area contributed by atoms with Crippen LogP contribution in [0.3, 0.4) is 0 Å². The molecule has 22 heavy (non-hydrogen) atoms. The number of carbonyl (C=O) groups is 1. The van der Waals surface area contributed by atoms with Crippen LogP contribution in [0.5, 0.6) is 11.5 Å². The van der Waals surface area contributed by atoms with Crippen LogP contribution in [0.25, 0.3) is 0 Å². The first-order valence-electron chi connectivity index (χ1n) is 7.43. The predicted octanol–water partition coefficient (Wildman–Crippen LogP) is 2.89. The van der Waals surface area contributed by atoms with Crippen molar-refractivity contribution in [2.75, 3.05) is 19.8 Å². The highest BCUT2D eigenvalue weighted by molar-refractivity contribution is 7.12. The van der Waals surface area contributed by atoms with Crippen molar-refractivity contribution >= 4 is 17.2 Å². The number of hydrogen-bond acceptors (Lipinski definition) is 5. The summed E-state index contributed by atoms with van der Waals surface area (Å²) < 4.78 is 11.2. The molecule has 4 rings (SSSR count). The van der Waals surface area contributed by atoms with E-state index in [-0.39, 0.29) is 11.9 Å². The van der Waals surface area contributed by atoms with Crippen molar-refractivity contribution < 1.29 is 14.3 Å². The Hall–Kier alpha value is -2.08. The monoisotopic (exact) mass is 316 g/mol. The minimum absolute atomic E-state index is 0.0184. The highest BCUT2D eigenvalue weighted by atomic mass is 32.1. The van der Waals surface area contributed by atoms with Gasteiger partial charge < -0.3 is 14.4 Å². The molecule has 2 aromatic rings. The van der Waals surface area contributed by atoms with Crippen LogP contribution < -0.4 is 9.47 Å². The SMILES string of the molecule is O=C(c1scc2c1OCCO2)N1CCCC1c1ccccn1. The molecule has 0 radical (unpaired) electrons. The summed E-state index contributed by atoms with van der Waals surface area (Å²) in [5.74, 6) is 1.31. The number of hydrogen-bond donors (Lipinski definition) is 0. The summed E-state index contributed by atoms with van der Waals surface area (Å²) in [4.78, 5) is 19.9. The molecule has 4 heterocycles.